The number of methoxy groups -OCH3 is 1. The van der Waals surface area contributed by atoms with E-state index in [1.807, 2.05) is 0 Å². The van der Waals surface area contributed by atoms with Gasteiger partial charge in [0.1, 0.15) is 4.32 Å². The van der Waals surface area contributed by atoms with Crippen molar-refractivity contribution in [2.24, 2.45) is 0 Å². The first-order chi connectivity index (χ1) is 8.51. The molecule has 0 aliphatic carbocycles. The Bertz CT molecular complexity index is 549. The molecule has 1 heterocycles. The van der Waals surface area contributed by atoms with Gasteiger partial charge >= 0.3 is 0 Å². The molecule has 1 aromatic rings. The van der Waals surface area contributed by atoms with Crippen molar-refractivity contribution >= 4 is 63.5 Å². The maximum absolute atomic E-state index is 11.5. The smallest absolute Gasteiger partial charge is 0.263 e. The van der Waals surface area contributed by atoms with Crippen LogP contribution in [0.3, 0.4) is 0 Å². The quantitative estimate of drug-likeness (QED) is 0.669. The molecule has 1 saturated heterocycles. The average Bonchev–Trinajstić information content (AvgIpc) is 2.57. The lowest BCUT2D eigenvalue weighted by Gasteiger charge is -2.06. The number of rotatable bonds is 2. The van der Waals surface area contributed by atoms with E-state index >= 15 is 0 Å². The number of thiocarbonyl (C=S) groups is 1. The van der Waals surface area contributed by atoms with E-state index in [1.54, 1.807) is 18.2 Å². The van der Waals surface area contributed by atoms with E-state index in [-0.39, 0.29) is 5.91 Å². The van der Waals surface area contributed by atoms with Gasteiger partial charge in [0.2, 0.25) is 0 Å². The molecule has 1 aromatic carbocycles. The number of ether oxygens (including phenoxy) is 1. The van der Waals surface area contributed by atoms with Crippen LogP contribution < -0.4 is 10.1 Å². The van der Waals surface area contributed by atoms with E-state index in [2.05, 4.69) is 5.32 Å². The summed E-state index contributed by atoms with van der Waals surface area (Å²) in [5, 5.41) is 3.32. The zero-order valence-electron chi connectivity index (χ0n) is 9.12. The minimum absolute atomic E-state index is 0.215. The maximum atomic E-state index is 11.5. The van der Waals surface area contributed by atoms with E-state index in [0.29, 0.717) is 30.6 Å². The summed E-state index contributed by atoms with van der Waals surface area (Å²) in [4.78, 5) is 12.0. The van der Waals surface area contributed by atoms with E-state index in [9.17, 15) is 4.79 Å². The lowest BCUT2D eigenvalue weighted by Crippen LogP contribution is -2.17. The van der Waals surface area contributed by atoms with Crippen LogP contribution in [0, 0.1) is 0 Å². The second-order valence-corrected chi connectivity index (χ2v) is 5.90. The Morgan fingerprint density at radius 2 is 2.00 bits per heavy atom. The maximum Gasteiger partial charge on any atom is 0.263 e. The van der Waals surface area contributed by atoms with Gasteiger partial charge in [0.05, 0.1) is 22.1 Å². The monoisotopic (exact) mass is 319 g/mol. The Balaban J connectivity index is 2.39. The number of carbonyl (C=O) groups excluding carboxylic acids is 1. The second-order valence-electron chi connectivity index (χ2n) is 3.37. The topological polar surface area (TPSA) is 38.3 Å². The predicted molar refractivity (Wildman–Crippen MR) is 79.3 cm³/mol. The minimum Gasteiger partial charge on any atom is -0.494 e. The van der Waals surface area contributed by atoms with Crippen molar-refractivity contribution in [3.63, 3.8) is 0 Å². The highest BCUT2D eigenvalue weighted by Gasteiger charge is 2.22. The highest BCUT2D eigenvalue weighted by Crippen LogP contribution is 2.35. The third-order valence-electron chi connectivity index (χ3n) is 2.16. The Labute approximate surface area is 123 Å². The Morgan fingerprint density at radius 3 is 2.44 bits per heavy atom. The molecule has 3 nitrogen and oxygen atoms in total. The van der Waals surface area contributed by atoms with E-state index < -0.39 is 0 Å². The SMILES string of the molecule is COc1c(Cl)cc(/C=C2\SC(=S)NC2=O)cc1Cl. The van der Waals surface area contributed by atoms with Crippen LogP contribution in [0.25, 0.3) is 6.08 Å². The van der Waals surface area contributed by atoms with Crippen LogP contribution in [0.5, 0.6) is 5.75 Å². The van der Waals surface area contributed by atoms with Crippen LogP contribution in [0.1, 0.15) is 5.56 Å². The van der Waals surface area contributed by atoms with Gasteiger partial charge in [0.25, 0.3) is 5.91 Å². The molecule has 0 atom stereocenters. The fraction of sp³-hybridized carbons (Fsp3) is 0.0909. The molecule has 1 N–H and O–H groups in total. The molecule has 0 bridgehead atoms. The lowest BCUT2D eigenvalue weighted by molar-refractivity contribution is -0.115. The standard InChI is InChI=1S/C11H7Cl2NO2S2/c1-16-9-6(12)2-5(3-7(9)13)4-8-10(15)14-11(17)18-8/h2-4H,1H3,(H,14,15,17)/b8-4-. The molecule has 0 aromatic heterocycles. The zero-order valence-corrected chi connectivity index (χ0v) is 12.3. The molecule has 0 unspecified atom stereocenters. The molecule has 0 spiro atoms. The molecule has 18 heavy (non-hydrogen) atoms. The molecule has 7 heteroatoms. The Hall–Kier alpha value is -0.750. The van der Waals surface area contributed by atoms with Gasteiger partial charge in [0.15, 0.2) is 5.75 Å². The molecule has 1 amide bonds. The van der Waals surface area contributed by atoms with Crippen LogP contribution in [-0.2, 0) is 4.79 Å². The van der Waals surface area contributed by atoms with Crippen molar-refractivity contribution in [1.29, 1.82) is 0 Å². The van der Waals surface area contributed by atoms with Crippen molar-refractivity contribution in [2.45, 2.75) is 0 Å². The fourth-order valence-corrected chi connectivity index (χ4v) is 3.13. The first-order valence-corrected chi connectivity index (χ1v) is 6.77. The number of thioether (sulfide) groups is 1. The average molecular weight is 320 g/mol. The summed E-state index contributed by atoms with van der Waals surface area (Å²) in [6, 6.07) is 3.35. The number of benzene rings is 1. The Morgan fingerprint density at radius 1 is 1.39 bits per heavy atom. The highest BCUT2D eigenvalue weighted by atomic mass is 35.5. The number of carbonyl (C=O) groups is 1. The van der Waals surface area contributed by atoms with Gasteiger partial charge in [-0.3, -0.25) is 4.79 Å². The molecule has 2 rings (SSSR count). The summed E-state index contributed by atoms with van der Waals surface area (Å²) in [7, 11) is 1.49. The van der Waals surface area contributed by atoms with Crippen molar-refractivity contribution in [2.75, 3.05) is 7.11 Å². The van der Waals surface area contributed by atoms with E-state index in [4.69, 9.17) is 40.2 Å². The number of hydrogen-bond acceptors (Lipinski definition) is 4. The second kappa shape index (κ2) is 5.48. The molecule has 0 saturated carbocycles. The first-order valence-electron chi connectivity index (χ1n) is 4.79. The third-order valence-corrected chi connectivity index (χ3v) is 3.89. The first kappa shape index (κ1) is 13.7. The predicted octanol–water partition coefficient (Wildman–Crippen LogP) is 3.49. The fourth-order valence-electron chi connectivity index (χ4n) is 1.43. The van der Waals surface area contributed by atoms with Gasteiger partial charge in [-0.1, -0.05) is 47.2 Å². The molecular formula is C11H7Cl2NO2S2. The lowest BCUT2D eigenvalue weighted by atomic mass is 10.2. The largest absolute Gasteiger partial charge is 0.494 e. The minimum atomic E-state index is -0.215. The normalized spacial score (nSPS) is 17.2. The zero-order chi connectivity index (χ0) is 13.3. The van der Waals surface area contributed by atoms with Gasteiger partial charge in [-0.2, -0.15) is 0 Å². The van der Waals surface area contributed by atoms with Gasteiger partial charge in [0, 0.05) is 0 Å². The van der Waals surface area contributed by atoms with Gasteiger partial charge in [-0.25, -0.2) is 0 Å². The summed E-state index contributed by atoms with van der Waals surface area (Å²) >= 11 is 18.1. The molecule has 1 aliphatic heterocycles. The number of nitrogens with one attached hydrogen (secondary N) is 1. The summed E-state index contributed by atoms with van der Waals surface area (Å²) in [5.74, 6) is 0.201. The molecule has 1 fully saturated rings. The number of hydrogen-bond donors (Lipinski definition) is 1. The number of halogens is 2. The van der Waals surface area contributed by atoms with Crippen LogP contribution in [0.4, 0.5) is 0 Å². The summed E-state index contributed by atoms with van der Waals surface area (Å²) in [5.41, 5.74) is 0.716. The molecule has 94 valence electrons. The highest BCUT2D eigenvalue weighted by molar-refractivity contribution is 8.26. The van der Waals surface area contributed by atoms with Crippen molar-refractivity contribution < 1.29 is 9.53 Å². The van der Waals surface area contributed by atoms with Crippen LogP contribution in [-0.4, -0.2) is 17.3 Å². The van der Waals surface area contributed by atoms with Gasteiger partial charge in [-0.15, -0.1) is 0 Å². The van der Waals surface area contributed by atoms with Crippen LogP contribution in [0.2, 0.25) is 10.0 Å². The van der Waals surface area contributed by atoms with Crippen LogP contribution in [0.15, 0.2) is 17.0 Å². The molecule has 1 aliphatic rings. The Kier molecular flexibility index (Phi) is 4.17. The van der Waals surface area contributed by atoms with Crippen molar-refractivity contribution in [3.05, 3.63) is 32.6 Å². The van der Waals surface area contributed by atoms with Crippen LogP contribution >= 0.6 is 47.2 Å². The molecule has 0 radical (unpaired) electrons. The summed E-state index contributed by atoms with van der Waals surface area (Å²) in [6.07, 6.45) is 1.68. The third kappa shape index (κ3) is 2.80. The van der Waals surface area contributed by atoms with Gasteiger partial charge < -0.3 is 10.1 Å². The number of amides is 1. The molecular weight excluding hydrogens is 313 g/mol. The van der Waals surface area contributed by atoms with E-state index in [0.717, 1.165) is 0 Å². The van der Waals surface area contributed by atoms with Crippen molar-refractivity contribution in [1.82, 2.24) is 5.32 Å². The van der Waals surface area contributed by atoms with Crippen molar-refractivity contribution in [3.8, 4) is 5.75 Å². The summed E-state index contributed by atoms with van der Waals surface area (Å²) < 4.78 is 5.49. The van der Waals surface area contributed by atoms with E-state index in [1.165, 1.54) is 18.9 Å². The van der Waals surface area contributed by atoms with Gasteiger partial charge in [-0.05, 0) is 23.8 Å². The summed E-state index contributed by atoms with van der Waals surface area (Å²) in [6.45, 7) is 0.